The molecule has 2 heterocycles. The molecule has 96 valence electrons. The van der Waals surface area contributed by atoms with Crippen LogP contribution in [0.5, 0.6) is 0 Å². The molecule has 1 aromatic carbocycles. The van der Waals surface area contributed by atoms with Crippen molar-refractivity contribution in [3.05, 3.63) is 53.7 Å². The molecule has 2 aromatic heterocycles. The number of hydrogen-bond donors (Lipinski definition) is 2. The Morgan fingerprint density at radius 3 is 2.85 bits per heavy atom. The number of rotatable bonds is 2. The molecule has 0 fully saturated rings. The molecule has 0 radical (unpaired) electrons. The lowest BCUT2D eigenvalue weighted by Gasteiger charge is -2.08. The monoisotopic (exact) mass is 262 g/mol. The van der Waals surface area contributed by atoms with Crippen LogP contribution in [0.3, 0.4) is 0 Å². The number of carbonyl (C=O) groups is 1. The van der Waals surface area contributed by atoms with Crippen LogP contribution in [0.15, 0.2) is 42.6 Å². The van der Waals surface area contributed by atoms with Crippen molar-refractivity contribution < 1.29 is 9.90 Å². The minimum Gasteiger partial charge on any atom is -0.478 e. The van der Waals surface area contributed by atoms with E-state index in [9.17, 15) is 9.90 Å². The lowest BCUT2D eigenvalue weighted by molar-refractivity contribution is 0.0697. The predicted octanol–water partition coefficient (Wildman–Crippen LogP) is 2.91. The van der Waals surface area contributed by atoms with Crippen molar-refractivity contribution in [2.45, 2.75) is 0 Å². The summed E-state index contributed by atoms with van der Waals surface area (Å²) in [5.74, 6) is 1.49. The molecular weight excluding hydrogens is 252 g/mol. The third-order valence-corrected chi connectivity index (χ3v) is 3.12. The number of nitrogens with one attached hydrogen (secondary N) is 1. The van der Waals surface area contributed by atoms with Gasteiger partial charge in [-0.3, -0.25) is 0 Å². The summed E-state index contributed by atoms with van der Waals surface area (Å²) >= 11 is 0. The van der Waals surface area contributed by atoms with Crippen LogP contribution in [0.25, 0.3) is 22.3 Å². The van der Waals surface area contributed by atoms with Crippen molar-refractivity contribution in [1.29, 1.82) is 0 Å². The molecule has 0 aliphatic carbocycles. The average molecular weight is 262 g/mol. The molecule has 0 saturated carbocycles. The van der Waals surface area contributed by atoms with Gasteiger partial charge in [0.25, 0.3) is 0 Å². The molecule has 3 aromatic rings. The normalized spacial score (nSPS) is 10.3. The van der Waals surface area contributed by atoms with Crippen molar-refractivity contribution in [2.75, 3.05) is 0 Å². The zero-order valence-electron chi connectivity index (χ0n) is 10.4. The number of pyridine rings is 1. The van der Waals surface area contributed by atoms with E-state index in [1.54, 1.807) is 24.4 Å². The molecule has 0 saturated heterocycles. The highest BCUT2D eigenvalue weighted by atomic mass is 16.4. The van der Waals surface area contributed by atoms with E-state index in [0.29, 0.717) is 22.5 Å². The molecule has 4 heteroatoms. The van der Waals surface area contributed by atoms with Crippen LogP contribution in [0, 0.1) is 12.3 Å². The molecular formula is C16H10N2O2. The lowest BCUT2D eigenvalue weighted by atomic mass is 9.98. The first-order valence-electron chi connectivity index (χ1n) is 5.98. The highest BCUT2D eigenvalue weighted by molar-refractivity contribution is 5.97. The molecule has 0 spiro atoms. The molecule has 0 unspecified atom stereocenters. The number of aromatic carboxylic acids is 1. The topological polar surface area (TPSA) is 66.0 Å². The van der Waals surface area contributed by atoms with Crippen molar-refractivity contribution in [3.63, 3.8) is 0 Å². The number of H-pyrrole nitrogens is 1. The summed E-state index contributed by atoms with van der Waals surface area (Å²) in [4.78, 5) is 18.8. The molecule has 0 atom stereocenters. The van der Waals surface area contributed by atoms with E-state index >= 15 is 0 Å². The zero-order valence-corrected chi connectivity index (χ0v) is 10.4. The van der Waals surface area contributed by atoms with Crippen molar-refractivity contribution in [1.82, 2.24) is 9.97 Å². The van der Waals surface area contributed by atoms with Gasteiger partial charge in [0.05, 0.1) is 11.3 Å². The molecule has 0 bridgehead atoms. The fraction of sp³-hybridized carbons (Fsp3) is 0. The molecule has 0 aliphatic heterocycles. The van der Waals surface area contributed by atoms with Gasteiger partial charge in [0.15, 0.2) is 0 Å². The Morgan fingerprint density at radius 1 is 1.25 bits per heavy atom. The first kappa shape index (κ1) is 12.0. The number of aromatic amines is 1. The third-order valence-electron chi connectivity index (χ3n) is 3.12. The number of hydrogen-bond acceptors (Lipinski definition) is 2. The molecule has 3 rings (SSSR count). The van der Waals surface area contributed by atoms with Gasteiger partial charge in [-0.1, -0.05) is 12.0 Å². The van der Waals surface area contributed by atoms with Crippen LogP contribution < -0.4 is 0 Å². The molecule has 2 N–H and O–H groups in total. The largest absolute Gasteiger partial charge is 0.478 e. The van der Waals surface area contributed by atoms with Gasteiger partial charge in [-0.25, -0.2) is 9.78 Å². The van der Waals surface area contributed by atoms with Crippen LogP contribution in [0.4, 0.5) is 0 Å². The van der Waals surface area contributed by atoms with Gasteiger partial charge in [-0.2, -0.15) is 0 Å². The second-order valence-corrected chi connectivity index (χ2v) is 4.29. The summed E-state index contributed by atoms with van der Waals surface area (Å²) in [5, 5.41) is 10.3. The van der Waals surface area contributed by atoms with E-state index in [-0.39, 0.29) is 5.56 Å². The number of carboxylic acid groups (broad SMARTS) is 1. The van der Waals surface area contributed by atoms with E-state index in [0.717, 1.165) is 5.39 Å². The van der Waals surface area contributed by atoms with Crippen LogP contribution in [0.2, 0.25) is 0 Å². The van der Waals surface area contributed by atoms with Gasteiger partial charge in [-0.05, 0) is 30.3 Å². The lowest BCUT2D eigenvalue weighted by Crippen LogP contribution is -2.02. The Hall–Kier alpha value is -3.06. The SMILES string of the molecule is C#Cc1cccc(C(=O)O)c1-c1ccc2cc[nH]c2n1. The second kappa shape index (κ2) is 4.56. The van der Waals surface area contributed by atoms with Gasteiger partial charge < -0.3 is 10.1 Å². The Morgan fingerprint density at radius 2 is 2.10 bits per heavy atom. The summed E-state index contributed by atoms with van der Waals surface area (Å²) in [6, 6.07) is 10.4. The van der Waals surface area contributed by atoms with E-state index < -0.39 is 5.97 Å². The molecule has 20 heavy (non-hydrogen) atoms. The minimum atomic E-state index is -1.02. The summed E-state index contributed by atoms with van der Waals surface area (Å²) in [6.07, 6.45) is 7.26. The third kappa shape index (κ3) is 1.82. The summed E-state index contributed by atoms with van der Waals surface area (Å²) in [6.45, 7) is 0. The van der Waals surface area contributed by atoms with E-state index in [1.807, 2.05) is 12.1 Å². The highest BCUT2D eigenvalue weighted by Gasteiger charge is 2.16. The molecule has 0 amide bonds. The first-order valence-corrected chi connectivity index (χ1v) is 5.98. The number of nitrogens with zero attached hydrogens (tertiary/aromatic N) is 1. The maximum atomic E-state index is 11.4. The summed E-state index contributed by atoms with van der Waals surface area (Å²) in [5.41, 5.74) is 2.39. The highest BCUT2D eigenvalue weighted by Crippen LogP contribution is 2.27. The number of benzene rings is 1. The zero-order chi connectivity index (χ0) is 14.1. The molecule has 4 nitrogen and oxygen atoms in total. The number of carboxylic acids is 1. The molecule has 0 aliphatic rings. The fourth-order valence-corrected chi connectivity index (χ4v) is 2.20. The van der Waals surface area contributed by atoms with Gasteiger partial charge in [0.2, 0.25) is 0 Å². The minimum absolute atomic E-state index is 0.152. The smallest absolute Gasteiger partial charge is 0.336 e. The maximum Gasteiger partial charge on any atom is 0.336 e. The van der Waals surface area contributed by atoms with Crippen molar-refractivity contribution >= 4 is 17.0 Å². The van der Waals surface area contributed by atoms with Crippen LogP contribution in [-0.4, -0.2) is 21.0 Å². The number of fused-ring (bicyclic) bond motifs is 1. The predicted molar refractivity (Wildman–Crippen MR) is 76.4 cm³/mol. The maximum absolute atomic E-state index is 11.4. The first-order chi connectivity index (χ1) is 9.70. The number of terminal acetylenes is 1. The number of aromatic nitrogens is 2. The van der Waals surface area contributed by atoms with Gasteiger partial charge in [-0.15, -0.1) is 6.42 Å². The van der Waals surface area contributed by atoms with Crippen LogP contribution in [-0.2, 0) is 0 Å². The van der Waals surface area contributed by atoms with Crippen molar-refractivity contribution in [3.8, 4) is 23.6 Å². The fourth-order valence-electron chi connectivity index (χ4n) is 2.20. The standard InChI is InChI=1S/C16H10N2O2/c1-2-10-4-3-5-12(16(19)20)14(10)13-7-6-11-8-9-17-15(11)18-13/h1,3-9H,(H,17,18)(H,19,20). The Bertz CT molecular complexity index is 856. The Labute approximate surface area is 115 Å². The van der Waals surface area contributed by atoms with E-state index in [1.165, 1.54) is 6.07 Å². The Kier molecular flexibility index (Phi) is 2.73. The van der Waals surface area contributed by atoms with E-state index in [4.69, 9.17) is 6.42 Å². The van der Waals surface area contributed by atoms with Gasteiger partial charge >= 0.3 is 5.97 Å². The van der Waals surface area contributed by atoms with Gasteiger partial charge in [0, 0.05) is 22.7 Å². The quantitative estimate of drug-likeness (QED) is 0.698. The van der Waals surface area contributed by atoms with Gasteiger partial charge in [0.1, 0.15) is 5.65 Å². The van der Waals surface area contributed by atoms with E-state index in [2.05, 4.69) is 15.9 Å². The van der Waals surface area contributed by atoms with Crippen LogP contribution in [0.1, 0.15) is 15.9 Å². The summed E-state index contributed by atoms with van der Waals surface area (Å²) < 4.78 is 0. The van der Waals surface area contributed by atoms with Crippen LogP contribution >= 0.6 is 0 Å². The average Bonchev–Trinajstić information content (AvgIpc) is 2.93. The summed E-state index contributed by atoms with van der Waals surface area (Å²) in [7, 11) is 0. The van der Waals surface area contributed by atoms with Crippen molar-refractivity contribution in [2.24, 2.45) is 0 Å². The second-order valence-electron chi connectivity index (χ2n) is 4.29. The Balaban J connectivity index is 2.32.